The highest BCUT2D eigenvalue weighted by Crippen LogP contribution is 2.32. The first-order chi connectivity index (χ1) is 20.7. The molecule has 2 saturated heterocycles. The molecule has 3 fully saturated rings. The molecule has 6 heteroatoms. The topological polar surface area (TPSA) is 37.7 Å². The Balaban J connectivity index is 1.21. The van der Waals surface area contributed by atoms with Crippen LogP contribution in [0.2, 0.25) is 5.02 Å². The molecule has 3 heterocycles. The van der Waals surface area contributed by atoms with Crippen LogP contribution in [-0.4, -0.2) is 58.9 Å². The minimum absolute atomic E-state index is 0.225. The molecule has 1 aliphatic carbocycles. The van der Waals surface area contributed by atoms with Crippen molar-refractivity contribution in [1.82, 2.24) is 14.4 Å². The van der Waals surface area contributed by atoms with E-state index in [4.69, 9.17) is 16.3 Å². The van der Waals surface area contributed by atoms with Crippen molar-refractivity contribution in [2.24, 2.45) is 5.92 Å². The van der Waals surface area contributed by atoms with Crippen molar-refractivity contribution in [2.75, 3.05) is 32.7 Å². The Morgan fingerprint density at radius 1 is 0.833 bits per heavy atom. The number of aromatic nitrogens is 1. The van der Waals surface area contributed by atoms with Gasteiger partial charge in [-0.3, -0.25) is 9.69 Å². The summed E-state index contributed by atoms with van der Waals surface area (Å²) in [6.07, 6.45) is 15.7. The molecule has 1 aromatic heterocycles. The number of carbonyl (C=O) groups is 1. The van der Waals surface area contributed by atoms with Gasteiger partial charge in [-0.25, -0.2) is 0 Å². The Labute approximate surface area is 257 Å². The second-order valence-electron chi connectivity index (χ2n) is 12.9. The first-order valence-corrected chi connectivity index (χ1v) is 17.0. The molecular formula is C36H48ClN3O2. The molecular weight excluding hydrogens is 542 g/mol. The Morgan fingerprint density at radius 3 is 2.31 bits per heavy atom. The number of halogens is 1. The summed E-state index contributed by atoms with van der Waals surface area (Å²) in [7, 11) is 0. The number of benzene rings is 2. The van der Waals surface area contributed by atoms with Crippen LogP contribution in [-0.2, 0) is 13.2 Å². The third-order valence-electron chi connectivity index (χ3n) is 10.1. The van der Waals surface area contributed by atoms with Gasteiger partial charge in [0.15, 0.2) is 5.78 Å². The van der Waals surface area contributed by atoms with Gasteiger partial charge in [0, 0.05) is 41.6 Å². The van der Waals surface area contributed by atoms with E-state index in [1.807, 2.05) is 24.3 Å². The average Bonchev–Trinajstić information content (AvgIpc) is 3.35. The molecule has 0 radical (unpaired) electrons. The highest BCUT2D eigenvalue weighted by Gasteiger charge is 2.29. The number of fused-ring (bicyclic) bond motifs is 1. The van der Waals surface area contributed by atoms with Crippen molar-refractivity contribution < 1.29 is 9.53 Å². The summed E-state index contributed by atoms with van der Waals surface area (Å²) in [5, 5.41) is 1.76. The van der Waals surface area contributed by atoms with Crippen molar-refractivity contribution in [1.29, 1.82) is 0 Å². The Kier molecular flexibility index (Phi) is 10.2. The fourth-order valence-corrected chi connectivity index (χ4v) is 7.90. The molecule has 0 unspecified atom stereocenters. The minimum atomic E-state index is 0.225. The molecule has 5 nitrogen and oxygen atoms in total. The number of para-hydroxylation sites is 1. The van der Waals surface area contributed by atoms with E-state index in [-0.39, 0.29) is 5.78 Å². The van der Waals surface area contributed by atoms with Crippen LogP contribution in [0.15, 0.2) is 48.5 Å². The molecule has 0 amide bonds. The molecule has 1 saturated carbocycles. The fraction of sp³-hybridized carbons (Fsp3) is 0.583. The van der Waals surface area contributed by atoms with E-state index in [9.17, 15) is 4.79 Å². The van der Waals surface area contributed by atoms with Crippen LogP contribution in [0.3, 0.4) is 0 Å². The van der Waals surface area contributed by atoms with Crippen LogP contribution < -0.4 is 4.74 Å². The average molecular weight is 590 g/mol. The van der Waals surface area contributed by atoms with Gasteiger partial charge >= 0.3 is 0 Å². The zero-order valence-corrected chi connectivity index (χ0v) is 26.0. The zero-order valence-electron chi connectivity index (χ0n) is 25.2. The third kappa shape index (κ3) is 7.23. The van der Waals surface area contributed by atoms with Gasteiger partial charge in [-0.2, -0.15) is 0 Å². The smallest absolute Gasteiger partial charge is 0.179 e. The van der Waals surface area contributed by atoms with E-state index in [2.05, 4.69) is 38.6 Å². The summed E-state index contributed by atoms with van der Waals surface area (Å²) in [5.41, 5.74) is 3.03. The highest BCUT2D eigenvalue weighted by atomic mass is 35.5. The SMILES string of the molecule is O=C(CN1CCC(N2CCCCC2)CC1)c1c(COc2ccc(Cl)cc2)n(CCCC2CCCCC2)c2ccccc12. The number of hydrogen-bond donors (Lipinski definition) is 0. The van der Waals surface area contributed by atoms with Crippen LogP contribution in [0.1, 0.15) is 93.1 Å². The lowest BCUT2D eigenvalue weighted by atomic mass is 9.86. The molecule has 3 aromatic rings. The van der Waals surface area contributed by atoms with Crippen LogP contribution in [0.5, 0.6) is 5.75 Å². The quantitative estimate of drug-likeness (QED) is 0.211. The van der Waals surface area contributed by atoms with Gasteiger partial charge in [-0.1, -0.05) is 68.3 Å². The number of piperidine rings is 2. The number of likely N-dealkylation sites (tertiary alicyclic amines) is 2. The summed E-state index contributed by atoms with van der Waals surface area (Å²) >= 11 is 6.13. The molecule has 2 aliphatic heterocycles. The monoisotopic (exact) mass is 589 g/mol. The maximum atomic E-state index is 14.2. The number of Topliss-reactive ketones (excluding diaryl/α,β-unsaturated/α-hetero) is 1. The van der Waals surface area contributed by atoms with Gasteiger partial charge < -0.3 is 14.2 Å². The Hall–Kier alpha value is -2.34. The summed E-state index contributed by atoms with van der Waals surface area (Å²) in [5.74, 6) is 1.85. The van der Waals surface area contributed by atoms with E-state index in [1.54, 1.807) is 0 Å². The predicted octanol–water partition coefficient (Wildman–Crippen LogP) is 8.37. The first-order valence-electron chi connectivity index (χ1n) is 16.6. The van der Waals surface area contributed by atoms with Gasteiger partial charge in [0.1, 0.15) is 12.4 Å². The largest absolute Gasteiger partial charge is 0.487 e. The summed E-state index contributed by atoms with van der Waals surface area (Å²) in [6, 6.07) is 16.7. The highest BCUT2D eigenvalue weighted by molar-refractivity contribution is 6.30. The van der Waals surface area contributed by atoms with E-state index in [0.717, 1.165) is 59.9 Å². The molecule has 226 valence electrons. The van der Waals surface area contributed by atoms with Crippen molar-refractivity contribution in [2.45, 2.75) is 96.2 Å². The van der Waals surface area contributed by atoms with E-state index in [1.165, 1.54) is 83.7 Å². The van der Waals surface area contributed by atoms with E-state index in [0.29, 0.717) is 24.2 Å². The van der Waals surface area contributed by atoms with Gasteiger partial charge in [0.05, 0.1) is 17.8 Å². The van der Waals surface area contributed by atoms with Crippen LogP contribution >= 0.6 is 11.6 Å². The first kappa shape index (κ1) is 29.7. The second-order valence-corrected chi connectivity index (χ2v) is 13.3. The molecule has 3 aliphatic rings. The molecule has 0 N–H and O–H groups in total. The Bertz CT molecular complexity index is 1300. The number of rotatable bonds is 11. The zero-order chi connectivity index (χ0) is 28.7. The maximum Gasteiger partial charge on any atom is 0.179 e. The summed E-state index contributed by atoms with van der Waals surface area (Å²) in [4.78, 5) is 19.3. The van der Waals surface area contributed by atoms with Crippen LogP contribution in [0.4, 0.5) is 0 Å². The Morgan fingerprint density at radius 2 is 1.55 bits per heavy atom. The number of ether oxygens (including phenoxy) is 1. The molecule has 0 bridgehead atoms. The standard InChI is InChI=1S/C36H48ClN3O2/c37-29-15-17-31(18-16-29)42-27-34-36(35(41)26-38-24-19-30(20-25-38)39-21-7-2-8-22-39)32-13-5-6-14-33(32)40(34)23-9-12-28-10-3-1-4-11-28/h5-6,13-18,28,30H,1-4,7-12,19-27H2. The van der Waals surface area contributed by atoms with Gasteiger partial charge in [0.2, 0.25) is 0 Å². The van der Waals surface area contributed by atoms with Gasteiger partial charge in [0.25, 0.3) is 0 Å². The number of ketones is 1. The summed E-state index contributed by atoms with van der Waals surface area (Å²) < 4.78 is 8.72. The summed E-state index contributed by atoms with van der Waals surface area (Å²) in [6.45, 7) is 6.29. The van der Waals surface area contributed by atoms with Crippen molar-refractivity contribution in [3.8, 4) is 5.75 Å². The van der Waals surface area contributed by atoms with Crippen molar-refractivity contribution in [3.63, 3.8) is 0 Å². The van der Waals surface area contributed by atoms with Crippen LogP contribution in [0, 0.1) is 5.92 Å². The van der Waals surface area contributed by atoms with E-state index < -0.39 is 0 Å². The van der Waals surface area contributed by atoms with Crippen molar-refractivity contribution in [3.05, 3.63) is 64.8 Å². The fourth-order valence-electron chi connectivity index (χ4n) is 7.78. The normalized spacial score (nSPS) is 19.8. The number of hydrogen-bond acceptors (Lipinski definition) is 4. The molecule has 0 atom stereocenters. The van der Waals surface area contributed by atoms with E-state index >= 15 is 0 Å². The van der Waals surface area contributed by atoms with Crippen molar-refractivity contribution >= 4 is 28.3 Å². The lowest BCUT2D eigenvalue weighted by molar-refractivity contribution is 0.0774. The third-order valence-corrected chi connectivity index (χ3v) is 10.3. The second kappa shape index (κ2) is 14.4. The minimum Gasteiger partial charge on any atom is -0.487 e. The predicted molar refractivity (Wildman–Crippen MR) is 173 cm³/mol. The molecule has 2 aromatic carbocycles. The van der Waals surface area contributed by atoms with Gasteiger partial charge in [-0.15, -0.1) is 0 Å². The molecule has 6 rings (SSSR count). The lowest BCUT2D eigenvalue weighted by Gasteiger charge is -2.40. The van der Waals surface area contributed by atoms with Gasteiger partial charge in [-0.05, 0) is 87.9 Å². The number of carbonyl (C=O) groups excluding carboxylic acids is 1. The number of aryl methyl sites for hydroxylation is 1. The van der Waals surface area contributed by atoms with Crippen LogP contribution in [0.25, 0.3) is 10.9 Å². The maximum absolute atomic E-state index is 14.2. The molecule has 0 spiro atoms. The number of nitrogens with zero attached hydrogens (tertiary/aromatic N) is 3. The lowest BCUT2D eigenvalue weighted by Crippen LogP contribution is -2.47. The molecule has 42 heavy (non-hydrogen) atoms.